The number of anilines is 2. The predicted molar refractivity (Wildman–Crippen MR) is 63.1 cm³/mol. The third-order valence-corrected chi connectivity index (χ3v) is 3.20. The van der Waals surface area contributed by atoms with Gasteiger partial charge in [-0.2, -0.15) is 0 Å². The first-order chi connectivity index (χ1) is 7.64. The number of aromatic nitrogens is 2. The fourth-order valence-corrected chi connectivity index (χ4v) is 1.94. The Morgan fingerprint density at radius 2 is 2.25 bits per heavy atom. The van der Waals surface area contributed by atoms with Crippen LogP contribution >= 0.6 is 0 Å². The van der Waals surface area contributed by atoms with E-state index >= 15 is 0 Å². The van der Waals surface area contributed by atoms with Gasteiger partial charge >= 0.3 is 0 Å². The van der Waals surface area contributed by atoms with Crippen LogP contribution in [0.25, 0.3) is 0 Å². The maximum Gasteiger partial charge on any atom is 0.134 e. The molecule has 88 valence electrons. The maximum atomic E-state index is 9.97. The zero-order chi connectivity index (χ0) is 11.6. The summed E-state index contributed by atoms with van der Waals surface area (Å²) in [5.41, 5.74) is 6.13. The number of nitrogens with zero attached hydrogens (tertiary/aromatic N) is 2. The highest BCUT2D eigenvalue weighted by atomic mass is 16.3. The fourth-order valence-electron chi connectivity index (χ4n) is 1.94. The van der Waals surface area contributed by atoms with E-state index in [1.54, 1.807) is 0 Å². The molecule has 1 aliphatic carbocycles. The van der Waals surface area contributed by atoms with Gasteiger partial charge in [0, 0.05) is 12.1 Å². The molecule has 1 saturated carbocycles. The molecule has 5 nitrogen and oxygen atoms in total. The number of nitrogen functional groups attached to an aromatic ring is 1. The van der Waals surface area contributed by atoms with Gasteiger partial charge in [-0.05, 0) is 25.7 Å². The summed E-state index contributed by atoms with van der Waals surface area (Å²) in [6.07, 6.45) is 5.06. The molecule has 1 aliphatic rings. The van der Waals surface area contributed by atoms with E-state index in [9.17, 15) is 5.11 Å². The summed E-state index contributed by atoms with van der Waals surface area (Å²) in [6.45, 7) is 2.55. The molecule has 0 saturated heterocycles. The average Bonchev–Trinajstić information content (AvgIpc) is 2.24. The number of hydrogen-bond donors (Lipinski definition) is 3. The lowest BCUT2D eigenvalue weighted by atomic mass is 9.80. The third-order valence-electron chi connectivity index (χ3n) is 3.20. The molecule has 0 aromatic carbocycles. The van der Waals surface area contributed by atoms with Crippen LogP contribution in [0.4, 0.5) is 11.6 Å². The van der Waals surface area contributed by atoms with Crippen LogP contribution in [0, 0.1) is 0 Å². The summed E-state index contributed by atoms with van der Waals surface area (Å²) in [5, 5.41) is 13.1. The molecule has 0 bridgehead atoms. The Kier molecular flexibility index (Phi) is 2.96. The van der Waals surface area contributed by atoms with Gasteiger partial charge in [0.05, 0.1) is 5.60 Å². The number of hydrogen-bond acceptors (Lipinski definition) is 5. The Morgan fingerprint density at radius 3 is 2.81 bits per heavy atom. The van der Waals surface area contributed by atoms with E-state index in [0.29, 0.717) is 12.4 Å². The Bertz CT molecular complexity index is 376. The minimum absolute atomic E-state index is 0.514. The van der Waals surface area contributed by atoms with Crippen LogP contribution in [0.5, 0.6) is 0 Å². The van der Waals surface area contributed by atoms with Crippen LogP contribution in [-0.4, -0.2) is 27.2 Å². The van der Waals surface area contributed by atoms with E-state index in [2.05, 4.69) is 15.3 Å². The lowest BCUT2D eigenvalue weighted by Gasteiger charge is -2.36. The second kappa shape index (κ2) is 4.25. The number of nitrogens with two attached hydrogens (primary N) is 1. The van der Waals surface area contributed by atoms with E-state index < -0.39 is 5.60 Å². The summed E-state index contributed by atoms with van der Waals surface area (Å²) in [7, 11) is 0. The van der Waals surface area contributed by atoms with Gasteiger partial charge in [0.25, 0.3) is 0 Å². The molecule has 0 aliphatic heterocycles. The van der Waals surface area contributed by atoms with Crippen molar-refractivity contribution in [1.29, 1.82) is 0 Å². The first-order valence-corrected chi connectivity index (χ1v) is 5.70. The van der Waals surface area contributed by atoms with Crippen molar-refractivity contribution in [2.75, 3.05) is 17.6 Å². The monoisotopic (exact) mass is 222 g/mol. The molecule has 0 atom stereocenters. The standard InChI is InChI=1S/C11H18N4O/c1-2-8-9(12)14-7-15-10(8)13-6-11(16)4-3-5-11/h7,16H,2-6H2,1H3,(H3,12,13,14,15). The van der Waals surface area contributed by atoms with Crippen LogP contribution in [0.2, 0.25) is 0 Å². The second-order valence-electron chi connectivity index (χ2n) is 4.37. The maximum absolute atomic E-state index is 9.97. The first-order valence-electron chi connectivity index (χ1n) is 5.70. The van der Waals surface area contributed by atoms with Crippen LogP contribution in [-0.2, 0) is 6.42 Å². The van der Waals surface area contributed by atoms with Crippen molar-refractivity contribution < 1.29 is 5.11 Å². The fraction of sp³-hybridized carbons (Fsp3) is 0.636. The number of aliphatic hydroxyl groups is 1. The molecule has 1 aromatic rings. The van der Waals surface area contributed by atoms with E-state index in [0.717, 1.165) is 37.1 Å². The van der Waals surface area contributed by atoms with Crippen LogP contribution in [0.1, 0.15) is 31.7 Å². The van der Waals surface area contributed by atoms with Gasteiger partial charge in [0.1, 0.15) is 18.0 Å². The van der Waals surface area contributed by atoms with E-state index in [1.807, 2.05) is 6.92 Å². The first kappa shape index (κ1) is 11.1. The Hall–Kier alpha value is -1.36. The van der Waals surface area contributed by atoms with Crippen molar-refractivity contribution in [3.63, 3.8) is 0 Å². The molecular formula is C11H18N4O. The quantitative estimate of drug-likeness (QED) is 0.706. The molecule has 5 heteroatoms. The van der Waals surface area contributed by atoms with Gasteiger partial charge in [0.15, 0.2) is 0 Å². The number of nitrogens with one attached hydrogen (secondary N) is 1. The Labute approximate surface area is 95.1 Å². The van der Waals surface area contributed by atoms with Gasteiger partial charge in [-0.3, -0.25) is 0 Å². The molecule has 1 heterocycles. The van der Waals surface area contributed by atoms with E-state index in [-0.39, 0.29) is 0 Å². The lowest BCUT2D eigenvalue weighted by molar-refractivity contribution is -0.0202. The van der Waals surface area contributed by atoms with Gasteiger partial charge in [0.2, 0.25) is 0 Å². The van der Waals surface area contributed by atoms with Crippen LogP contribution < -0.4 is 11.1 Å². The van der Waals surface area contributed by atoms with Crippen molar-refractivity contribution in [3.05, 3.63) is 11.9 Å². The number of rotatable bonds is 4. The van der Waals surface area contributed by atoms with Crippen LogP contribution in [0.15, 0.2) is 6.33 Å². The molecular weight excluding hydrogens is 204 g/mol. The summed E-state index contributed by atoms with van der Waals surface area (Å²) in [5.74, 6) is 1.26. The highest BCUT2D eigenvalue weighted by molar-refractivity contribution is 5.55. The molecule has 0 radical (unpaired) electrons. The predicted octanol–water partition coefficient (Wildman–Crippen LogP) is 0.948. The highest BCUT2D eigenvalue weighted by Gasteiger charge is 2.34. The molecule has 1 aromatic heterocycles. The highest BCUT2D eigenvalue weighted by Crippen LogP contribution is 2.31. The third kappa shape index (κ3) is 2.09. The molecule has 0 unspecified atom stereocenters. The van der Waals surface area contributed by atoms with Gasteiger partial charge in [-0.1, -0.05) is 6.92 Å². The molecule has 0 spiro atoms. The van der Waals surface area contributed by atoms with Gasteiger partial charge in [-0.25, -0.2) is 9.97 Å². The minimum Gasteiger partial charge on any atom is -0.388 e. The minimum atomic E-state index is -0.551. The molecule has 1 fully saturated rings. The second-order valence-corrected chi connectivity index (χ2v) is 4.37. The molecule has 16 heavy (non-hydrogen) atoms. The van der Waals surface area contributed by atoms with Crippen molar-refractivity contribution in [3.8, 4) is 0 Å². The lowest BCUT2D eigenvalue weighted by Crippen LogP contribution is -2.43. The van der Waals surface area contributed by atoms with E-state index in [4.69, 9.17) is 5.73 Å². The summed E-state index contributed by atoms with van der Waals surface area (Å²) >= 11 is 0. The topological polar surface area (TPSA) is 84.1 Å². The van der Waals surface area contributed by atoms with E-state index in [1.165, 1.54) is 6.33 Å². The van der Waals surface area contributed by atoms with Crippen LogP contribution in [0.3, 0.4) is 0 Å². The SMILES string of the molecule is CCc1c(N)ncnc1NCC1(O)CCC1. The zero-order valence-electron chi connectivity index (χ0n) is 9.53. The largest absolute Gasteiger partial charge is 0.388 e. The van der Waals surface area contributed by atoms with Crippen molar-refractivity contribution in [1.82, 2.24) is 9.97 Å². The molecule has 4 N–H and O–H groups in total. The van der Waals surface area contributed by atoms with Crippen molar-refractivity contribution in [2.45, 2.75) is 38.2 Å². The van der Waals surface area contributed by atoms with Gasteiger partial charge < -0.3 is 16.2 Å². The summed E-state index contributed by atoms with van der Waals surface area (Å²) < 4.78 is 0. The summed E-state index contributed by atoms with van der Waals surface area (Å²) in [4.78, 5) is 8.11. The normalized spacial score (nSPS) is 17.9. The smallest absolute Gasteiger partial charge is 0.134 e. The van der Waals surface area contributed by atoms with Crippen molar-refractivity contribution in [2.24, 2.45) is 0 Å². The molecule has 2 rings (SSSR count). The zero-order valence-corrected chi connectivity index (χ0v) is 9.53. The summed E-state index contributed by atoms with van der Waals surface area (Å²) in [6, 6.07) is 0. The van der Waals surface area contributed by atoms with Gasteiger partial charge in [-0.15, -0.1) is 0 Å². The Morgan fingerprint density at radius 1 is 1.50 bits per heavy atom. The molecule has 0 amide bonds. The average molecular weight is 222 g/mol. The van der Waals surface area contributed by atoms with Crippen molar-refractivity contribution >= 4 is 11.6 Å². The Balaban J connectivity index is 2.06.